The second-order valence-electron chi connectivity index (χ2n) is 5.86. The third-order valence-electron chi connectivity index (χ3n) is 3.92. The summed E-state index contributed by atoms with van der Waals surface area (Å²) in [5.74, 6) is 1.11. The fraction of sp³-hybridized carbons (Fsp3) is 0.211. The number of carbonyl (C=O) groups excluding carboxylic acids is 1. The Hall–Kier alpha value is -2.87. The minimum absolute atomic E-state index is 0.158. The summed E-state index contributed by atoms with van der Waals surface area (Å²) in [6.45, 7) is 3.60. The van der Waals surface area contributed by atoms with Crippen LogP contribution in [-0.4, -0.2) is 33.5 Å². The number of thioether (sulfide) groups is 1. The molecule has 1 aromatic heterocycles. The number of hydrogen-bond acceptors (Lipinski definition) is 5. The summed E-state index contributed by atoms with van der Waals surface area (Å²) < 4.78 is 20.2. The summed E-state index contributed by atoms with van der Waals surface area (Å²) in [6, 6.07) is 11.8. The van der Waals surface area contributed by atoms with Gasteiger partial charge in [-0.1, -0.05) is 11.8 Å². The van der Waals surface area contributed by atoms with E-state index in [4.69, 9.17) is 4.74 Å². The zero-order valence-corrected chi connectivity index (χ0v) is 16.0. The lowest BCUT2D eigenvalue weighted by molar-refractivity contribution is -0.113. The number of nitrogens with one attached hydrogen (secondary N) is 1. The largest absolute Gasteiger partial charge is 0.497 e. The molecule has 0 aliphatic heterocycles. The van der Waals surface area contributed by atoms with E-state index in [9.17, 15) is 9.18 Å². The number of ether oxygens (including phenoxy) is 1. The van der Waals surface area contributed by atoms with Gasteiger partial charge in [-0.05, 0) is 61.9 Å². The van der Waals surface area contributed by atoms with Crippen molar-refractivity contribution >= 4 is 23.4 Å². The van der Waals surface area contributed by atoms with E-state index >= 15 is 0 Å². The van der Waals surface area contributed by atoms with Crippen LogP contribution in [0.25, 0.3) is 5.69 Å². The van der Waals surface area contributed by atoms with E-state index < -0.39 is 0 Å². The molecule has 0 bridgehead atoms. The van der Waals surface area contributed by atoms with Crippen LogP contribution in [-0.2, 0) is 4.79 Å². The smallest absolute Gasteiger partial charge is 0.234 e. The van der Waals surface area contributed by atoms with Crippen molar-refractivity contribution in [3.8, 4) is 11.4 Å². The summed E-state index contributed by atoms with van der Waals surface area (Å²) in [7, 11) is 1.61. The van der Waals surface area contributed by atoms with Crippen molar-refractivity contribution in [2.75, 3.05) is 18.2 Å². The van der Waals surface area contributed by atoms with Gasteiger partial charge in [0.15, 0.2) is 5.16 Å². The van der Waals surface area contributed by atoms with Gasteiger partial charge in [-0.2, -0.15) is 0 Å². The molecule has 3 rings (SSSR count). The average Bonchev–Trinajstić information content (AvgIpc) is 3.03. The normalized spacial score (nSPS) is 10.7. The minimum Gasteiger partial charge on any atom is -0.497 e. The van der Waals surface area contributed by atoms with Crippen LogP contribution < -0.4 is 10.1 Å². The third-order valence-corrected chi connectivity index (χ3v) is 4.85. The Kier molecular flexibility index (Phi) is 5.75. The molecule has 0 atom stereocenters. The van der Waals surface area contributed by atoms with Gasteiger partial charge in [0.05, 0.1) is 12.9 Å². The zero-order chi connectivity index (χ0) is 19.4. The highest BCUT2D eigenvalue weighted by atomic mass is 32.2. The van der Waals surface area contributed by atoms with Crippen molar-refractivity contribution in [1.82, 2.24) is 14.8 Å². The van der Waals surface area contributed by atoms with Crippen LogP contribution in [0, 0.1) is 19.7 Å². The molecule has 140 valence electrons. The van der Waals surface area contributed by atoms with Crippen LogP contribution in [0.5, 0.6) is 5.75 Å². The van der Waals surface area contributed by atoms with Crippen LogP contribution in [0.4, 0.5) is 10.1 Å². The van der Waals surface area contributed by atoms with Crippen LogP contribution in [0.15, 0.2) is 47.6 Å². The molecule has 0 fully saturated rings. The van der Waals surface area contributed by atoms with Crippen LogP contribution in [0.2, 0.25) is 0 Å². The standard InChI is InChI=1S/C19H19FN4O2S/c1-12-10-14(20)4-9-17(12)21-18(25)11-27-19-23-22-13(2)24(19)15-5-7-16(26-3)8-6-15/h4-10H,11H2,1-3H3,(H,21,25). The lowest BCUT2D eigenvalue weighted by Crippen LogP contribution is -2.15. The topological polar surface area (TPSA) is 69.0 Å². The van der Waals surface area contributed by atoms with E-state index in [1.807, 2.05) is 35.8 Å². The molecule has 0 radical (unpaired) electrons. The first-order valence-corrected chi connectivity index (χ1v) is 9.21. The molecule has 0 saturated carbocycles. The first-order chi connectivity index (χ1) is 13.0. The van der Waals surface area contributed by atoms with Gasteiger partial charge in [0, 0.05) is 11.4 Å². The Balaban J connectivity index is 1.70. The summed E-state index contributed by atoms with van der Waals surface area (Å²) >= 11 is 1.28. The lowest BCUT2D eigenvalue weighted by atomic mass is 10.2. The number of aromatic nitrogens is 3. The van der Waals surface area contributed by atoms with Gasteiger partial charge in [0.1, 0.15) is 17.4 Å². The van der Waals surface area contributed by atoms with Gasteiger partial charge in [0.2, 0.25) is 5.91 Å². The van der Waals surface area contributed by atoms with Gasteiger partial charge in [-0.15, -0.1) is 10.2 Å². The second-order valence-corrected chi connectivity index (χ2v) is 6.80. The number of benzene rings is 2. The van der Waals surface area contributed by atoms with Crippen molar-refractivity contribution in [2.24, 2.45) is 0 Å². The molecule has 0 aliphatic carbocycles. The van der Waals surface area contributed by atoms with E-state index in [1.54, 1.807) is 20.1 Å². The van der Waals surface area contributed by atoms with E-state index in [-0.39, 0.29) is 17.5 Å². The number of nitrogens with zero attached hydrogens (tertiary/aromatic N) is 3. The van der Waals surface area contributed by atoms with Crippen LogP contribution in [0.1, 0.15) is 11.4 Å². The highest BCUT2D eigenvalue weighted by Gasteiger charge is 2.14. The molecule has 0 unspecified atom stereocenters. The van der Waals surface area contributed by atoms with Gasteiger partial charge in [-0.25, -0.2) is 4.39 Å². The number of carbonyl (C=O) groups is 1. The highest BCUT2D eigenvalue weighted by molar-refractivity contribution is 7.99. The van der Waals surface area contributed by atoms with Gasteiger partial charge < -0.3 is 10.1 Å². The van der Waals surface area contributed by atoms with E-state index in [1.165, 1.54) is 23.9 Å². The summed E-state index contributed by atoms with van der Waals surface area (Å²) in [4.78, 5) is 12.3. The van der Waals surface area contributed by atoms with E-state index in [0.717, 1.165) is 17.3 Å². The monoisotopic (exact) mass is 386 g/mol. The van der Waals surface area contributed by atoms with Gasteiger partial charge in [-0.3, -0.25) is 9.36 Å². The molecule has 3 aromatic rings. The van der Waals surface area contributed by atoms with Crippen LogP contribution >= 0.6 is 11.8 Å². The molecule has 1 amide bonds. The number of aryl methyl sites for hydroxylation is 2. The molecule has 0 saturated heterocycles. The van der Waals surface area contributed by atoms with Gasteiger partial charge in [0.25, 0.3) is 0 Å². The van der Waals surface area contributed by atoms with Crippen molar-refractivity contribution in [2.45, 2.75) is 19.0 Å². The maximum absolute atomic E-state index is 13.2. The molecule has 1 N–H and O–H groups in total. The van der Waals surface area contributed by atoms with Crippen molar-refractivity contribution in [3.05, 3.63) is 59.7 Å². The molecule has 6 nitrogen and oxygen atoms in total. The molecule has 2 aromatic carbocycles. The van der Waals surface area contributed by atoms with E-state index in [2.05, 4.69) is 15.5 Å². The summed E-state index contributed by atoms with van der Waals surface area (Å²) in [6.07, 6.45) is 0. The van der Waals surface area contributed by atoms with Crippen molar-refractivity contribution in [3.63, 3.8) is 0 Å². The predicted octanol–water partition coefficient (Wildman–Crippen LogP) is 3.76. The average molecular weight is 386 g/mol. The quantitative estimate of drug-likeness (QED) is 0.653. The van der Waals surface area contributed by atoms with Crippen LogP contribution in [0.3, 0.4) is 0 Å². The third kappa shape index (κ3) is 4.46. The maximum atomic E-state index is 13.2. The first-order valence-electron chi connectivity index (χ1n) is 8.23. The Bertz CT molecular complexity index is 957. The second kappa shape index (κ2) is 8.22. The lowest BCUT2D eigenvalue weighted by Gasteiger charge is -2.10. The van der Waals surface area contributed by atoms with Crippen molar-refractivity contribution < 1.29 is 13.9 Å². The Labute approximate surface area is 160 Å². The molecule has 0 aliphatic rings. The fourth-order valence-electron chi connectivity index (χ4n) is 2.55. The molecule has 8 heteroatoms. The van der Waals surface area contributed by atoms with Gasteiger partial charge >= 0.3 is 0 Å². The molecule has 1 heterocycles. The maximum Gasteiger partial charge on any atom is 0.234 e. The summed E-state index contributed by atoms with van der Waals surface area (Å²) in [5.41, 5.74) is 2.15. The summed E-state index contributed by atoms with van der Waals surface area (Å²) in [5, 5.41) is 11.7. The zero-order valence-electron chi connectivity index (χ0n) is 15.2. The highest BCUT2D eigenvalue weighted by Crippen LogP contribution is 2.24. The van der Waals surface area contributed by atoms with E-state index in [0.29, 0.717) is 16.4 Å². The number of halogens is 1. The SMILES string of the molecule is COc1ccc(-n2c(C)nnc2SCC(=O)Nc2ccc(F)cc2C)cc1. The molecular weight excluding hydrogens is 367 g/mol. The number of hydrogen-bond donors (Lipinski definition) is 1. The molecule has 27 heavy (non-hydrogen) atoms. The first kappa shape index (κ1) is 18.9. The minimum atomic E-state index is -0.331. The van der Waals surface area contributed by atoms with Crippen molar-refractivity contribution in [1.29, 1.82) is 0 Å². The Morgan fingerprint density at radius 3 is 2.59 bits per heavy atom. The predicted molar refractivity (Wildman–Crippen MR) is 103 cm³/mol. The molecular formula is C19H19FN4O2S. The Morgan fingerprint density at radius 2 is 1.93 bits per heavy atom. The number of rotatable bonds is 6. The Morgan fingerprint density at radius 1 is 1.19 bits per heavy atom. The number of amides is 1. The number of anilines is 1. The number of methoxy groups -OCH3 is 1. The fourth-order valence-corrected chi connectivity index (χ4v) is 3.35. The molecule has 0 spiro atoms.